The second-order valence-corrected chi connectivity index (χ2v) is 3.09. The molecule has 0 bridgehead atoms. The van der Waals surface area contributed by atoms with Crippen molar-refractivity contribution in [3.05, 3.63) is 29.6 Å². The molecular weight excluding hydrogens is 193 g/mol. The van der Waals surface area contributed by atoms with Crippen LogP contribution in [-0.2, 0) is 0 Å². The summed E-state index contributed by atoms with van der Waals surface area (Å²) >= 11 is 0. The number of methoxy groups -OCH3 is 1. The van der Waals surface area contributed by atoms with Crippen LogP contribution in [-0.4, -0.2) is 7.11 Å². The maximum atomic E-state index is 13.5. The summed E-state index contributed by atoms with van der Waals surface area (Å²) < 4.78 is 18.6. The molecule has 0 amide bonds. The lowest BCUT2D eigenvalue weighted by molar-refractivity contribution is 0.399. The molecule has 0 fully saturated rings. The highest BCUT2D eigenvalue weighted by Gasteiger charge is 2.15. The lowest BCUT2D eigenvalue weighted by Crippen LogP contribution is -2.12. The van der Waals surface area contributed by atoms with E-state index in [1.54, 1.807) is 19.1 Å². The van der Waals surface area contributed by atoms with Crippen molar-refractivity contribution in [2.24, 2.45) is 5.73 Å². The molecule has 0 saturated heterocycles. The summed E-state index contributed by atoms with van der Waals surface area (Å²) in [4.78, 5) is 0. The van der Waals surface area contributed by atoms with E-state index in [1.165, 1.54) is 13.2 Å². The standard InChI is InChI=1S/C12H14FNO/c1-3-4-7-10(14)12-9(13)6-5-8-11(12)15-2/h5-6,8,10H,7,14H2,1-2H3. The van der Waals surface area contributed by atoms with Gasteiger partial charge in [0, 0.05) is 18.0 Å². The number of hydrogen-bond acceptors (Lipinski definition) is 2. The topological polar surface area (TPSA) is 35.2 Å². The molecule has 1 atom stereocenters. The average Bonchev–Trinajstić information content (AvgIpc) is 2.25. The molecule has 15 heavy (non-hydrogen) atoms. The minimum Gasteiger partial charge on any atom is -0.496 e. The molecule has 0 aliphatic carbocycles. The number of nitrogens with two attached hydrogens (primary N) is 1. The van der Waals surface area contributed by atoms with Crippen LogP contribution < -0.4 is 10.5 Å². The molecule has 1 rings (SSSR count). The minimum absolute atomic E-state index is 0.347. The van der Waals surface area contributed by atoms with E-state index in [-0.39, 0.29) is 5.82 Å². The summed E-state index contributed by atoms with van der Waals surface area (Å²) in [5.41, 5.74) is 6.23. The average molecular weight is 207 g/mol. The molecule has 80 valence electrons. The lowest BCUT2D eigenvalue weighted by atomic mass is 10.0. The van der Waals surface area contributed by atoms with Gasteiger partial charge < -0.3 is 10.5 Å². The SMILES string of the molecule is CC#CCC(N)c1c(F)cccc1OC. The fourth-order valence-electron chi connectivity index (χ4n) is 1.37. The molecule has 0 radical (unpaired) electrons. The van der Waals surface area contributed by atoms with Gasteiger partial charge in [-0.05, 0) is 19.1 Å². The van der Waals surface area contributed by atoms with E-state index in [2.05, 4.69) is 11.8 Å². The number of benzene rings is 1. The van der Waals surface area contributed by atoms with Crippen molar-refractivity contribution in [3.8, 4) is 17.6 Å². The van der Waals surface area contributed by atoms with E-state index in [0.717, 1.165) is 0 Å². The Morgan fingerprint density at radius 2 is 2.27 bits per heavy atom. The highest BCUT2D eigenvalue weighted by molar-refractivity contribution is 5.37. The minimum atomic E-state index is -0.450. The van der Waals surface area contributed by atoms with Gasteiger partial charge in [0.1, 0.15) is 11.6 Å². The molecule has 0 spiro atoms. The Bertz CT molecular complexity index is 392. The van der Waals surface area contributed by atoms with Crippen molar-refractivity contribution in [2.75, 3.05) is 7.11 Å². The van der Waals surface area contributed by atoms with Gasteiger partial charge in [0.2, 0.25) is 0 Å². The second-order valence-electron chi connectivity index (χ2n) is 3.09. The van der Waals surface area contributed by atoms with Gasteiger partial charge >= 0.3 is 0 Å². The fourth-order valence-corrected chi connectivity index (χ4v) is 1.37. The highest BCUT2D eigenvalue weighted by atomic mass is 19.1. The molecule has 1 aromatic carbocycles. The third-order valence-electron chi connectivity index (χ3n) is 2.10. The highest BCUT2D eigenvalue weighted by Crippen LogP contribution is 2.27. The molecule has 0 heterocycles. The summed E-state index contributed by atoms with van der Waals surface area (Å²) in [5.74, 6) is 5.68. The predicted molar refractivity (Wildman–Crippen MR) is 57.9 cm³/mol. The Labute approximate surface area is 89.2 Å². The molecule has 0 aromatic heterocycles. The van der Waals surface area contributed by atoms with Gasteiger partial charge in [-0.2, -0.15) is 0 Å². The van der Waals surface area contributed by atoms with E-state index in [4.69, 9.17) is 10.5 Å². The molecule has 2 N–H and O–H groups in total. The smallest absolute Gasteiger partial charge is 0.131 e. The first kappa shape index (κ1) is 11.5. The van der Waals surface area contributed by atoms with Gasteiger partial charge in [-0.3, -0.25) is 0 Å². The third kappa shape index (κ3) is 2.71. The van der Waals surface area contributed by atoms with Crippen molar-refractivity contribution in [1.29, 1.82) is 0 Å². The van der Waals surface area contributed by atoms with Crippen LogP contribution >= 0.6 is 0 Å². The number of rotatable bonds is 3. The number of hydrogen-bond donors (Lipinski definition) is 1. The van der Waals surface area contributed by atoms with E-state index in [9.17, 15) is 4.39 Å². The van der Waals surface area contributed by atoms with Crippen LogP contribution in [0.4, 0.5) is 4.39 Å². The Kier molecular flexibility index (Phi) is 4.14. The Hall–Kier alpha value is -1.53. The normalized spacial score (nSPS) is 11.5. The Morgan fingerprint density at radius 1 is 1.53 bits per heavy atom. The van der Waals surface area contributed by atoms with Crippen molar-refractivity contribution in [3.63, 3.8) is 0 Å². The maximum Gasteiger partial charge on any atom is 0.131 e. The van der Waals surface area contributed by atoms with Gasteiger partial charge in [0.25, 0.3) is 0 Å². The maximum absolute atomic E-state index is 13.5. The second kappa shape index (κ2) is 5.38. The summed E-state index contributed by atoms with van der Waals surface area (Å²) in [5, 5.41) is 0. The molecule has 3 heteroatoms. The van der Waals surface area contributed by atoms with Crippen LogP contribution in [0.1, 0.15) is 24.9 Å². The molecule has 1 aromatic rings. The monoisotopic (exact) mass is 207 g/mol. The van der Waals surface area contributed by atoms with Crippen LogP contribution in [0.3, 0.4) is 0 Å². The first-order valence-corrected chi connectivity index (χ1v) is 4.68. The fraction of sp³-hybridized carbons (Fsp3) is 0.333. The molecule has 0 saturated carbocycles. The lowest BCUT2D eigenvalue weighted by Gasteiger charge is -2.14. The Morgan fingerprint density at radius 3 is 2.87 bits per heavy atom. The number of ether oxygens (including phenoxy) is 1. The number of halogens is 1. The summed E-state index contributed by atoms with van der Waals surface area (Å²) in [7, 11) is 1.50. The van der Waals surface area contributed by atoms with E-state index in [1.807, 2.05) is 0 Å². The van der Waals surface area contributed by atoms with Crippen LogP contribution in [0.5, 0.6) is 5.75 Å². The summed E-state index contributed by atoms with van der Waals surface area (Å²) in [6.07, 6.45) is 0.424. The summed E-state index contributed by atoms with van der Waals surface area (Å²) in [6, 6.07) is 4.21. The zero-order chi connectivity index (χ0) is 11.3. The quantitative estimate of drug-likeness (QED) is 0.771. The Balaban J connectivity index is 3.03. The first-order chi connectivity index (χ1) is 7.20. The third-order valence-corrected chi connectivity index (χ3v) is 2.10. The van der Waals surface area contributed by atoms with Gasteiger partial charge in [-0.1, -0.05) is 6.07 Å². The van der Waals surface area contributed by atoms with Gasteiger partial charge in [-0.25, -0.2) is 4.39 Å². The van der Waals surface area contributed by atoms with Crippen LogP contribution in [0.2, 0.25) is 0 Å². The molecule has 2 nitrogen and oxygen atoms in total. The van der Waals surface area contributed by atoms with E-state index < -0.39 is 6.04 Å². The van der Waals surface area contributed by atoms with Gasteiger partial charge in [-0.15, -0.1) is 11.8 Å². The summed E-state index contributed by atoms with van der Waals surface area (Å²) in [6.45, 7) is 1.73. The van der Waals surface area contributed by atoms with E-state index >= 15 is 0 Å². The first-order valence-electron chi connectivity index (χ1n) is 4.68. The van der Waals surface area contributed by atoms with E-state index in [0.29, 0.717) is 17.7 Å². The molecular formula is C12H14FNO. The predicted octanol–water partition coefficient (Wildman–Crippen LogP) is 2.25. The van der Waals surface area contributed by atoms with Crippen LogP contribution in [0.25, 0.3) is 0 Å². The zero-order valence-electron chi connectivity index (χ0n) is 8.88. The van der Waals surface area contributed by atoms with Crippen molar-refractivity contribution >= 4 is 0 Å². The van der Waals surface area contributed by atoms with Gasteiger partial charge in [0.15, 0.2) is 0 Å². The largest absolute Gasteiger partial charge is 0.496 e. The van der Waals surface area contributed by atoms with Crippen molar-refractivity contribution in [1.82, 2.24) is 0 Å². The molecule has 0 aliphatic rings. The molecule has 1 unspecified atom stereocenters. The van der Waals surface area contributed by atoms with Crippen molar-refractivity contribution < 1.29 is 9.13 Å². The molecule has 0 aliphatic heterocycles. The van der Waals surface area contributed by atoms with Gasteiger partial charge in [0.05, 0.1) is 7.11 Å². The van der Waals surface area contributed by atoms with Crippen LogP contribution in [0.15, 0.2) is 18.2 Å². The zero-order valence-corrected chi connectivity index (χ0v) is 8.88. The van der Waals surface area contributed by atoms with Crippen LogP contribution in [0, 0.1) is 17.7 Å². The van der Waals surface area contributed by atoms with Crippen molar-refractivity contribution in [2.45, 2.75) is 19.4 Å².